The fourth-order valence-corrected chi connectivity index (χ4v) is 3.87. The summed E-state index contributed by atoms with van der Waals surface area (Å²) in [6, 6.07) is 0. The second kappa shape index (κ2) is 8.47. The highest BCUT2D eigenvalue weighted by Gasteiger charge is 2.38. The van der Waals surface area contributed by atoms with Crippen LogP contribution in [0.1, 0.15) is 70.7 Å². The van der Waals surface area contributed by atoms with Gasteiger partial charge < -0.3 is 10.2 Å². The zero-order valence-corrected chi connectivity index (χ0v) is 18.4. The molecule has 0 aromatic carbocycles. The van der Waals surface area contributed by atoms with Gasteiger partial charge in [0, 0.05) is 48.1 Å². The second-order valence-corrected chi connectivity index (χ2v) is 8.84. The van der Waals surface area contributed by atoms with Gasteiger partial charge in [-0.05, 0) is 67.0 Å². The predicted octanol–water partition coefficient (Wildman–Crippen LogP) is 3.90. The number of hydrogen-bond acceptors (Lipinski definition) is 5. The first-order chi connectivity index (χ1) is 13.7. The van der Waals surface area contributed by atoms with Crippen molar-refractivity contribution >= 4 is 12.6 Å². The van der Waals surface area contributed by atoms with Crippen molar-refractivity contribution in [2.75, 3.05) is 13.1 Å². The molecule has 2 aliphatic rings. The number of nitrogens with one attached hydrogen (secondary N) is 1. The number of aliphatic imine (C=N–C) groups is 1. The molecule has 0 bridgehead atoms. The molecule has 3 rings (SSSR count). The molecule has 0 unspecified atom stereocenters. The zero-order chi connectivity index (χ0) is 21.2. The largest absolute Gasteiger partial charge is 0.365 e. The second-order valence-electron chi connectivity index (χ2n) is 8.84. The van der Waals surface area contributed by atoms with Crippen LogP contribution in [0.25, 0.3) is 0 Å². The zero-order valence-electron chi connectivity index (χ0n) is 18.4. The summed E-state index contributed by atoms with van der Waals surface area (Å²) in [5.41, 5.74) is 4.67. The van der Waals surface area contributed by atoms with Crippen molar-refractivity contribution in [2.24, 2.45) is 4.99 Å². The van der Waals surface area contributed by atoms with Crippen molar-refractivity contribution in [2.45, 2.75) is 71.8 Å². The van der Waals surface area contributed by atoms with Crippen LogP contribution in [0.15, 0.2) is 39.9 Å². The molecular formula is C23H33N5O. The lowest BCUT2D eigenvalue weighted by atomic mass is 9.92. The molecule has 1 aromatic rings. The topological polar surface area (TPSA) is 70.5 Å². The molecule has 29 heavy (non-hydrogen) atoms. The first-order valence-electron chi connectivity index (χ1n) is 10.5. The van der Waals surface area contributed by atoms with E-state index in [1.165, 1.54) is 0 Å². The van der Waals surface area contributed by atoms with Gasteiger partial charge in [-0.15, -0.1) is 0 Å². The van der Waals surface area contributed by atoms with Crippen molar-refractivity contribution in [3.05, 3.63) is 46.3 Å². The number of hydrogen-bond donors (Lipinski definition) is 1. The number of rotatable bonds is 6. The van der Waals surface area contributed by atoms with Crippen LogP contribution in [0.3, 0.4) is 0 Å². The first kappa shape index (κ1) is 21.2. The van der Waals surface area contributed by atoms with Crippen molar-refractivity contribution in [1.82, 2.24) is 20.2 Å². The Bertz CT molecular complexity index is 837. The normalized spacial score (nSPS) is 19.3. The van der Waals surface area contributed by atoms with Crippen molar-refractivity contribution in [3.8, 4) is 0 Å². The van der Waals surface area contributed by atoms with Crippen LogP contribution in [-0.2, 0) is 4.79 Å². The number of likely N-dealkylation sites (tertiary alicyclic amines) is 1. The van der Waals surface area contributed by atoms with E-state index in [2.05, 4.69) is 33.9 Å². The monoisotopic (exact) mass is 395 g/mol. The van der Waals surface area contributed by atoms with Crippen LogP contribution >= 0.6 is 0 Å². The number of carbonyl (C=O) groups is 1. The molecule has 0 radical (unpaired) electrons. The van der Waals surface area contributed by atoms with E-state index >= 15 is 0 Å². The number of nitrogens with zero attached hydrogens (tertiary/aromatic N) is 4. The van der Waals surface area contributed by atoms with E-state index in [1.54, 1.807) is 0 Å². The van der Waals surface area contributed by atoms with E-state index in [0.29, 0.717) is 5.92 Å². The van der Waals surface area contributed by atoms with E-state index in [-0.39, 0.29) is 11.4 Å². The Hall–Kier alpha value is -2.50. The molecule has 1 saturated carbocycles. The third-order valence-electron chi connectivity index (χ3n) is 6.02. The molecule has 1 saturated heterocycles. The molecule has 0 atom stereocenters. The average Bonchev–Trinajstić information content (AvgIpc) is 3.43. The smallest absolute Gasteiger partial charge is 0.254 e. The molecule has 2 heterocycles. The summed E-state index contributed by atoms with van der Waals surface area (Å²) in [6.45, 7) is 15.3. The van der Waals surface area contributed by atoms with Gasteiger partial charge in [0.15, 0.2) is 0 Å². The minimum Gasteiger partial charge on any atom is -0.365 e. The summed E-state index contributed by atoms with van der Waals surface area (Å²) in [4.78, 5) is 28.4. The Balaban J connectivity index is 1.73. The van der Waals surface area contributed by atoms with E-state index in [1.807, 2.05) is 45.0 Å². The van der Waals surface area contributed by atoms with Gasteiger partial charge in [-0.3, -0.25) is 14.8 Å². The molecule has 2 fully saturated rings. The Morgan fingerprint density at radius 3 is 2.34 bits per heavy atom. The van der Waals surface area contributed by atoms with Gasteiger partial charge in [0.25, 0.3) is 5.91 Å². The Morgan fingerprint density at radius 1 is 1.21 bits per heavy atom. The number of amides is 1. The molecule has 1 aliphatic heterocycles. The molecule has 6 heteroatoms. The third kappa shape index (κ3) is 4.92. The summed E-state index contributed by atoms with van der Waals surface area (Å²) in [5, 5.41) is 3.47. The van der Waals surface area contributed by atoms with Crippen molar-refractivity contribution < 1.29 is 4.79 Å². The number of carbonyl (C=O) groups excluding carboxylic acids is 1. The van der Waals surface area contributed by atoms with Crippen LogP contribution in [0.5, 0.6) is 0 Å². The molecule has 1 aromatic heterocycles. The van der Waals surface area contributed by atoms with E-state index < -0.39 is 0 Å². The number of aryl methyl sites for hydroxylation is 1. The van der Waals surface area contributed by atoms with Crippen LogP contribution < -0.4 is 5.32 Å². The maximum absolute atomic E-state index is 13.4. The SMILES string of the molecule is C=N/C(NC1(C)CC1)=C(\C)C(C(=O)N1CCC(c2cnc(C)cn2)CC1)=C(C)C. The highest BCUT2D eigenvalue weighted by molar-refractivity contribution is 5.98. The fourth-order valence-electron chi connectivity index (χ4n) is 3.87. The van der Waals surface area contributed by atoms with Crippen LogP contribution in [0.2, 0.25) is 0 Å². The molecule has 1 N–H and O–H groups in total. The van der Waals surface area contributed by atoms with Gasteiger partial charge in [0.1, 0.15) is 5.82 Å². The van der Waals surface area contributed by atoms with E-state index in [9.17, 15) is 4.79 Å². The number of allylic oxidation sites excluding steroid dienone is 1. The minimum atomic E-state index is 0.0832. The number of aromatic nitrogens is 2. The lowest BCUT2D eigenvalue weighted by Crippen LogP contribution is -2.39. The van der Waals surface area contributed by atoms with Crippen LogP contribution in [-0.4, -0.2) is 46.1 Å². The van der Waals surface area contributed by atoms with Crippen LogP contribution in [0, 0.1) is 6.92 Å². The quantitative estimate of drug-likeness (QED) is 0.450. The molecule has 6 nitrogen and oxygen atoms in total. The maximum Gasteiger partial charge on any atom is 0.254 e. The van der Waals surface area contributed by atoms with Gasteiger partial charge in [0.2, 0.25) is 0 Å². The first-order valence-corrected chi connectivity index (χ1v) is 10.5. The maximum atomic E-state index is 13.4. The summed E-state index contributed by atoms with van der Waals surface area (Å²) in [6.07, 6.45) is 7.74. The van der Waals surface area contributed by atoms with Crippen LogP contribution in [0.4, 0.5) is 0 Å². The van der Waals surface area contributed by atoms with Gasteiger partial charge in [0.05, 0.1) is 11.4 Å². The van der Waals surface area contributed by atoms with Gasteiger partial charge in [-0.2, -0.15) is 0 Å². The third-order valence-corrected chi connectivity index (χ3v) is 6.02. The highest BCUT2D eigenvalue weighted by atomic mass is 16.2. The Morgan fingerprint density at radius 2 is 1.86 bits per heavy atom. The molecule has 1 aliphatic carbocycles. The molecule has 156 valence electrons. The lowest BCUT2D eigenvalue weighted by molar-refractivity contribution is -0.128. The Labute approximate surface area is 174 Å². The number of piperidine rings is 1. The van der Waals surface area contributed by atoms with E-state index in [0.717, 1.165) is 72.7 Å². The summed E-state index contributed by atoms with van der Waals surface area (Å²) < 4.78 is 0. The Kier molecular flexibility index (Phi) is 6.20. The van der Waals surface area contributed by atoms with Crippen molar-refractivity contribution in [1.29, 1.82) is 0 Å². The van der Waals surface area contributed by atoms with E-state index in [4.69, 9.17) is 0 Å². The molecule has 1 amide bonds. The van der Waals surface area contributed by atoms with Crippen molar-refractivity contribution in [3.63, 3.8) is 0 Å². The standard InChI is InChI=1S/C23H33N5O/c1-15(2)20(17(4)21(24-6)27-23(5)9-10-23)22(29)28-11-7-18(8-12-28)19-14-25-16(3)13-26-19/h13-14,18,27H,6-12H2,1-5H3/b21-17-. The van der Waals surface area contributed by atoms with Gasteiger partial charge in [-0.1, -0.05) is 5.57 Å². The lowest BCUT2D eigenvalue weighted by Gasteiger charge is -2.33. The molecular weight excluding hydrogens is 362 g/mol. The summed E-state index contributed by atoms with van der Waals surface area (Å²) in [5.74, 6) is 1.17. The summed E-state index contributed by atoms with van der Waals surface area (Å²) >= 11 is 0. The minimum absolute atomic E-state index is 0.0832. The van der Waals surface area contributed by atoms with Gasteiger partial charge in [-0.25, -0.2) is 4.99 Å². The highest BCUT2D eigenvalue weighted by Crippen LogP contribution is 2.36. The average molecular weight is 396 g/mol. The fraction of sp³-hybridized carbons (Fsp3) is 0.565. The molecule has 0 spiro atoms. The van der Waals surface area contributed by atoms with Gasteiger partial charge >= 0.3 is 0 Å². The predicted molar refractivity (Wildman–Crippen MR) is 117 cm³/mol. The summed E-state index contributed by atoms with van der Waals surface area (Å²) in [7, 11) is 0.